The number of hydrazine groups is 1. The van der Waals surface area contributed by atoms with Crippen molar-refractivity contribution in [1.29, 1.82) is 0 Å². The van der Waals surface area contributed by atoms with Crippen LogP contribution in [-0.4, -0.2) is 21.0 Å². The van der Waals surface area contributed by atoms with Gasteiger partial charge in [-0.3, -0.25) is 11.3 Å². The summed E-state index contributed by atoms with van der Waals surface area (Å²) in [6.07, 6.45) is 1.01. The summed E-state index contributed by atoms with van der Waals surface area (Å²) >= 11 is 0. The number of hydrogen-bond donors (Lipinski definition) is 2. The van der Waals surface area contributed by atoms with E-state index in [1.807, 2.05) is 0 Å². The maximum atomic E-state index is 6.03. The van der Waals surface area contributed by atoms with E-state index in [0.29, 0.717) is 0 Å². The molecule has 0 amide bonds. The van der Waals surface area contributed by atoms with Gasteiger partial charge in [0.25, 0.3) is 0 Å². The minimum atomic E-state index is -1.60. The van der Waals surface area contributed by atoms with Crippen molar-refractivity contribution in [3.8, 4) is 0 Å². The second-order valence-electron chi connectivity index (χ2n) is 5.34. The maximum Gasteiger partial charge on any atom is 0.192 e. The quantitative estimate of drug-likeness (QED) is 0.423. The Kier molecular flexibility index (Phi) is 5.29. The van der Waals surface area contributed by atoms with Gasteiger partial charge >= 0.3 is 0 Å². The van der Waals surface area contributed by atoms with Crippen LogP contribution in [0.2, 0.25) is 18.1 Å². The molecular weight excluding hydrogens is 192 g/mol. The molecule has 0 saturated carbocycles. The van der Waals surface area contributed by atoms with Crippen molar-refractivity contribution in [2.24, 2.45) is 5.84 Å². The minimum Gasteiger partial charge on any atom is -0.415 e. The molecule has 0 aromatic heterocycles. The van der Waals surface area contributed by atoms with Crippen LogP contribution in [0.1, 0.15) is 34.1 Å². The molecule has 0 bridgehead atoms. The predicted molar refractivity (Wildman–Crippen MR) is 64.6 cm³/mol. The first-order valence-corrected chi connectivity index (χ1v) is 8.25. The molecule has 0 aliphatic rings. The SMILES string of the molecule is CCC(CO[Si](C)(C)C(C)(C)C)NN. The third-order valence-corrected chi connectivity index (χ3v) is 7.68. The zero-order valence-corrected chi connectivity index (χ0v) is 11.5. The van der Waals surface area contributed by atoms with E-state index in [1.165, 1.54) is 0 Å². The van der Waals surface area contributed by atoms with Crippen LogP contribution in [0.15, 0.2) is 0 Å². The van der Waals surface area contributed by atoms with Gasteiger partial charge in [0.05, 0.1) is 6.61 Å². The molecule has 0 radical (unpaired) electrons. The maximum absolute atomic E-state index is 6.03. The van der Waals surface area contributed by atoms with E-state index >= 15 is 0 Å². The molecule has 0 spiro atoms. The van der Waals surface area contributed by atoms with Crippen molar-refractivity contribution in [2.75, 3.05) is 6.61 Å². The molecule has 86 valence electrons. The van der Waals surface area contributed by atoms with E-state index in [9.17, 15) is 0 Å². The zero-order valence-electron chi connectivity index (χ0n) is 10.5. The smallest absolute Gasteiger partial charge is 0.192 e. The Morgan fingerprint density at radius 1 is 1.36 bits per heavy atom. The lowest BCUT2D eigenvalue weighted by Crippen LogP contribution is -2.46. The summed E-state index contributed by atoms with van der Waals surface area (Å²) in [5.41, 5.74) is 2.77. The first kappa shape index (κ1) is 14.1. The van der Waals surface area contributed by atoms with E-state index < -0.39 is 8.32 Å². The van der Waals surface area contributed by atoms with Crippen molar-refractivity contribution in [3.63, 3.8) is 0 Å². The van der Waals surface area contributed by atoms with E-state index in [0.717, 1.165) is 13.0 Å². The lowest BCUT2D eigenvalue weighted by molar-refractivity contribution is 0.240. The summed E-state index contributed by atoms with van der Waals surface area (Å²) in [6.45, 7) is 14.1. The van der Waals surface area contributed by atoms with Crippen LogP contribution in [0.5, 0.6) is 0 Å². The second-order valence-corrected chi connectivity index (χ2v) is 10.2. The molecule has 0 saturated heterocycles. The third kappa shape index (κ3) is 4.08. The summed E-state index contributed by atoms with van der Waals surface area (Å²) in [5.74, 6) is 5.41. The third-order valence-electron chi connectivity index (χ3n) is 3.18. The molecule has 1 unspecified atom stereocenters. The van der Waals surface area contributed by atoms with Gasteiger partial charge in [-0.1, -0.05) is 27.7 Å². The standard InChI is InChI=1S/C10H26N2OSi/c1-7-9(12-11)8-13-14(5,6)10(2,3)4/h9,12H,7-8,11H2,1-6H3. The Morgan fingerprint density at radius 2 is 1.86 bits per heavy atom. The fraction of sp³-hybridized carbons (Fsp3) is 1.00. The van der Waals surface area contributed by atoms with E-state index in [2.05, 4.69) is 46.2 Å². The Hall–Kier alpha value is 0.0969. The van der Waals surface area contributed by atoms with Gasteiger partial charge in [-0.25, -0.2) is 0 Å². The van der Waals surface area contributed by atoms with Crippen LogP contribution < -0.4 is 11.3 Å². The summed E-state index contributed by atoms with van der Waals surface area (Å²) in [7, 11) is -1.60. The van der Waals surface area contributed by atoms with E-state index in [-0.39, 0.29) is 11.1 Å². The average molecular weight is 218 g/mol. The first-order valence-electron chi connectivity index (χ1n) is 5.34. The monoisotopic (exact) mass is 218 g/mol. The van der Waals surface area contributed by atoms with Gasteiger partial charge in [0, 0.05) is 6.04 Å². The van der Waals surface area contributed by atoms with Crippen LogP contribution in [0.25, 0.3) is 0 Å². The van der Waals surface area contributed by atoms with E-state index in [4.69, 9.17) is 10.3 Å². The Balaban J connectivity index is 4.11. The predicted octanol–water partition coefficient (Wildman–Crippen LogP) is 2.25. The molecule has 3 nitrogen and oxygen atoms in total. The van der Waals surface area contributed by atoms with Crippen LogP contribution in [0.4, 0.5) is 0 Å². The Morgan fingerprint density at radius 3 is 2.14 bits per heavy atom. The molecule has 0 aromatic rings. The summed E-state index contributed by atoms with van der Waals surface area (Å²) in [6, 6.07) is 0.282. The minimum absolute atomic E-state index is 0.278. The highest BCUT2D eigenvalue weighted by Crippen LogP contribution is 2.36. The van der Waals surface area contributed by atoms with Crippen molar-refractivity contribution in [3.05, 3.63) is 0 Å². The molecule has 0 aromatic carbocycles. The van der Waals surface area contributed by atoms with Crippen molar-refractivity contribution in [1.82, 2.24) is 5.43 Å². The van der Waals surface area contributed by atoms with Crippen molar-refractivity contribution in [2.45, 2.75) is 58.3 Å². The molecular formula is C10H26N2OSi. The van der Waals surface area contributed by atoms with Crippen LogP contribution in [0.3, 0.4) is 0 Å². The zero-order chi connectivity index (χ0) is 11.4. The number of rotatable bonds is 5. The van der Waals surface area contributed by atoms with Crippen molar-refractivity contribution >= 4 is 8.32 Å². The highest BCUT2D eigenvalue weighted by atomic mass is 28.4. The highest BCUT2D eigenvalue weighted by Gasteiger charge is 2.37. The lowest BCUT2D eigenvalue weighted by Gasteiger charge is -2.37. The molecule has 1 atom stereocenters. The Labute approximate surface area is 89.5 Å². The molecule has 14 heavy (non-hydrogen) atoms. The fourth-order valence-corrected chi connectivity index (χ4v) is 1.86. The average Bonchev–Trinajstić information content (AvgIpc) is 2.04. The molecule has 0 fully saturated rings. The van der Waals surface area contributed by atoms with Crippen LogP contribution in [0, 0.1) is 0 Å². The molecule has 4 heteroatoms. The molecule has 0 aliphatic carbocycles. The molecule has 0 heterocycles. The van der Waals surface area contributed by atoms with Gasteiger partial charge in [0.2, 0.25) is 0 Å². The van der Waals surface area contributed by atoms with Gasteiger partial charge in [-0.15, -0.1) is 0 Å². The number of nitrogens with one attached hydrogen (secondary N) is 1. The van der Waals surface area contributed by atoms with Gasteiger partial charge < -0.3 is 4.43 Å². The topological polar surface area (TPSA) is 47.3 Å². The van der Waals surface area contributed by atoms with Crippen molar-refractivity contribution < 1.29 is 4.43 Å². The van der Waals surface area contributed by atoms with E-state index in [1.54, 1.807) is 0 Å². The summed E-state index contributed by atoms with van der Waals surface area (Å²) in [5, 5.41) is 0.278. The van der Waals surface area contributed by atoms with Gasteiger partial charge in [0.1, 0.15) is 0 Å². The highest BCUT2D eigenvalue weighted by molar-refractivity contribution is 6.74. The fourth-order valence-electron chi connectivity index (χ4n) is 0.809. The van der Waals surface area contributed by atoms with Gasteiger partial charge in [-0.2, -0.15) is 0 Å². The number of hydrogen-bond acceptors (Lipinski definition) is 3. The summed E-state index contributed by atoms with van der Waals surface area (Å²) in [4.78, 5) is 0. The summed E-state index contributed by atoms with van der Waals surface area (Å²) < 4.78 is 6.03. The lowest BCUT2D eigenvalue weighted by atomic mass is 10.2. The number of nitrogens with two attached hydrogens (primary N) is 1. The normalized spacial score (nSPS) is 15.6. The van der Waals surface area contributed by atoms with Gasteiger partial charge in [-0.05, 0) is 24.6 Å². The van der Waals surface area contributed by atoms with Gasteiger partial charge in [0.15, 0.2) is 8.32 Å². The first-order chi connectivity index (χ1) is 6.24. The Bertz CT molecular complexity index is 162. The largest absolute Gasteiger partial charge is 0.415 e. The second kappa shape index (κ2) is 5.26. The molecule has 0 aliphatic heterocycles. The molecule has 3 N–H and O–H groups in total. The molecule has 0 rings (SSSR count). The van der Waals surface area contributed by atoms with Crippen LogP contribution >= 0.6 is 0 Å². The van der Waals surface area contributed by atoms with Crippen LogP contribution in [-0.2, 0) is 4.43 Å².